The summed E-state index contributed by atoms with van der Waals surface area (Å²) in [6.45, 7) is 5.81. The van der Waals surface area contributed by atoms with Gasteiger partial charge in [-0.15, -0.1) is 0 Å². The first-order valence-electron chi connectivity index (χ1n) is 5.44. The molecule has 1 aromatic carbocycles. The van der Waals surface area contributed by atoms with Crippen LogP contribution in [0.15, 0.2) is 36.4 Å². The maximum atomic E-state index is 11.3. The van der Waals surface area contributed by atoms with Gasteiger partial charge in [0.25, 0.3) is 5.91 Å². The van der Waals surface area contributed by atoms with Crippen LogP contribution >= 0.6 is 0 Å². The second kappa shape index (κ2) is 6.70. The largest absolute Gasteiger partial charge is 0.494 e. The quantitative estimate of drug-likeness (QED) is 0.585. The van der Waals surface area contributed by atoms with Gasteiger partial charge >= 0.3 is 0 Å². The zero-order chi connectivity index (χ0) is 12.7. The normalized spacial score (nSPS) is 9.76. The smallest absolute Gasteiger partial charge is 0.250 e. The highest BCUT2D eigenvalue weighted by Crippen LogP contribution is 2.16. The molecule has 4 heteroatoms. The van der Waals surface area contributed by atoms with Crippen LogP contribution in [0.3, 0.4) is 0 Å². The summed E-state index contributed by atoms with van der Waals surface area (Å²) in [4.78, 5) is 11.3. The average Bonchev–Trinajstić information content (AvgIpc) is 2.31. The molecule has 17 heavy (non-hydrogen) atoms. The van der Waals surface area contributed by atoms with Crippen molar-refractivity contribution in [2.45, 2.75) is 13.3 Å². The Kier molecular flexibility index (Phi) is 5.23. The van der Waals surface area contributed by atoms with Crippen molar-refractivity contribution in [1.82, 2.24) is 0 Å². The first-order chi connectivity index (χ1) is 8.13. The fourth-order valence-electron chi connectivity index (χ4n) is 1.13. The van der Waals surface area contributed by atoms with E-state index in [2.05, 4.69) is 11.9 Å². The second-order valence-electron chi connectivity index (χ2n) is 3.68. The molecule has 1 aromatic rings. The van der Waals surface area contributed by atoms with E-state index in [-0.39, 0.29) is 12.5 Å². The van der Waals surface area contributed by atoms with Gasteiger partial charge in [0.2, 0.25) is 0 Å². The highest BCUT2D eigenvalue weighted by atomic mass is 16.5. The maximum absolute atomic E-state index is 11.3. The molecule has 0 aliphatic rings. The Labute approximate surface area is 101 Å². The van der Waals surface area contributed by atoms with Gasteiger partial charge in [0.05, 0.1) is 6.61 Å². The third-order valence-corrected chi connectivity index (χ3v) is 2.07. The van der Waals surface area contributed by atoms with Crippen molar-refractivity contribution in [1.29, 1.82) is 0 Å². The van der Waals surface area contributed by atoms with Crippen LogP contribution in [-0.4, -0.2) is 24.2 Å². The van der Waals surface area contributed by atoms with Crippen LogP contribution in [0.5, 0.6) is 5.75 Å². The minimum atomic E-state index is -0.195. The molecule has 0 heterocycles. The average molecular weight is 235 g/mol. The van der Waals surface area contributed by atoms with Gasteiger partial charge in [0, 0.05) is 24.3 Å². The molecular weight excluding hydrogens is 218 g/mol. The van der Waals surface area contributed by atoms with Gasteiger partial charge in [-0.3, -0.25) is 4.79 Å². The van der Waals surface area contributed by atoms with Crippen molar-refractivity contribution in [2.75, 3.05) is 18.5 Å². The van der Waals surface area contributed by atoms with Crippen molar-refractivity contribution in [3.63, 3.8) is 0 Å². The van der Waals surface area contributed by atoms with Crippen molar-refractivity contribution in [2.24, 2.45) is 0 Å². The summed E-state index contributed by atoms with van der Waals surface area (Å²) < 4.78 is 5.36. The summed E-state index contributed by atoms with van der Waals surface area (Å²) in [5.74, 6) is 0.519. The van der Waals surface area contributed by atoms with Crippen LogP contribution < -0.4 is 10.1 Å². The van der Waals surface area contributed by atoms with Crippen LogP contribution in [0.4, 0.5) is 5.69 Å². The molecule has 0 fully saturated rings. The topological polar surface area (TPSA) is 58.6 Å². The van der Waals surface area contributed by atoms with E-state index in [1.807, 2.05) is 0 Å². The zero-order valence-electron chi connectivity index (χ0n) is 9.90. The number of rotatable bonds is 6. The third kappa shape index (κ3) is 4.70. The number of hydrogen-bond donors (Lipinski definition) is 2. The number of ether oxygens (including phenoxy) is 1. The monoisotopic (exact) mass is 235 g/mol. The van der Waals surface area contributed by atoms with Crippen LogP contribution in [-0.2, 0) is 4.79 Å². The fraction of sp³-hybridized carbons (Fsp3) is 0.308. The van der Waals surface area contributed by atoms with E-state index < -0.39 is 0 Å². The zero-order valence-corrected chi connectivity index (χ0v) is 9.90. The van der Waals surface area contributed by atoms with Crippen molar-refractivity contribution in [3.05, 3.63) is 36.4 Å². The van der Waals surface area contributed by atoms with Gasteiger partial charge in [-0.25, -0.2) is 0 Å². The molecule has 1 amide bonds. The number of anilines is 1. The molecule has 1 rings (SSSR count). The van der Waals surface area contributed by atoms with Gasteiger partial charge in [-0.2, -0.15) is 0 Å². The Balaban J connectivity index is 2.50. The summed E-state index contributed by atoms with van der Waals surface area (Å²) in [6.07, 6.45) is 0.605. The molecule has 0 bridgehead atoms. The number of benzene rings is 1. The summed E-state index contributed by atoms with van der Waals surface area (Å²) in [5, 5.41) is 11.3. The molecule has 4 nitrogen and oxygen atoms in total. The first-order valence-corrected chi connectivity index (χ1v) is 5.44. The minimum absolute atomic E-state index is 0.118. The Bertz CT molecular complexity index is 384. The number of aliphatic hydroxyl groups is 1. The molecule has 0 aromatic heterocycles. The summed E-state index contributed by atoms with van der Waals surface area (Å²) in [6, 6.07) is 7.06. The van der Waals surface area contributed by atoms with Crippen LogP contribution in [0.1, 0.15) is 13.3 Å². The molecule has 0 saturated carbocycles. The van der Waals surface area contributed by atoms with Crippen LogP contribution in [0, 0.1) is 0 Å². The number of carbonyl (C=O) groups is 1. The predicted octanol–water partition coefficient (Wildman–Crippen LogP) is 1.96. The van der Waals surface area contributed by atoms with E-state index in [9.17, 15) is 4.79 Å². The molecule has 0 unspecified atom stereocenters. The Morgan fingerprint density at radius 1 is 1.41 bits per heavy atom. The third-order valence-electron chi connectivity index (χ3n) is 2.07. The number of nitrogens with one attached hydrogen (secondary N) is 1. The second-order valence-corrected chi connectivity index (χ2v) is 3.68. The van der Waals surface area contributed by atoms with Gasteiger partial charge < -0.3 is 15.2 Å². The lowest BCUT2D eigenvalue weighted by atomic mass is 10.2. The van der Waals surface area contributed by atoms with E-state index in [4.69, 9.17) is 9.84 Å². The molecule has 0 aliphatic heterocycles. The maximum Gasteiger partial charge on any atom is 0.250 e. The molecular formula is C13H17NO3. The highest BCUT2D eigenvalue weighted by molar-refractivity contribution is 6.02. The lowest BCUT2D eigenvalue weighted by Gasteiger charge is -2.07. The SMILES string of the molecule is C=C(C)C(=O)Nc1ccc(OCCCO)cc1. The van der Waals surface area contributed by atoms with Crippen molar-refractivity contribution in [3.8, 4) is 5.75 Å². The van der Waals surface area contributed by atoms with Gasteiger partial charge in [0.1, 0.15) is 5.75 Å². The molecule has 0 saturated heterocycles. The predicted molar refractivity (Wildman–Crippen MR) is 67.1 cm³/mol. The minimum Gasteiger partial charge on any atom is -0.494 e. The van der Waals surface area contributed by atoms with E-state index in [0.717, 1.165) is 0 Å². The van der Waals surface area contributed by atoms with Gasteiger partial charge in [0.15, 0.2) is 0 Å². The van der Waals surface area contributed by atoms with Crippen LogP contribution in [0.2, 0.25) is 0 Å². The van der Waals surface area contributed by atoms with Crippen LogP contribution in [0.25, 0.3) is 0 Å². The molecule has 0 aliphatic carbocycles. The first kappa shape index (κ1) is 13.3. The molecule has 0 radical (unpaired) electrons. The fourth-order valence-corrected chi connectivity index (χ4v) is 1.13. The Hall–Kier alpha value is -1.81. The molecule has 2 N–H and O–H groups in total. The van der Waals surface area contributed by atoms with Crippen molar-refractivity contribution >= 4 is 11.6 Å². The molecule has 0 atom stereocenters. The Morgan fingerprint density at radius 2 is 2.06 bits per heavy atom. The lowest BCUT2D eigenvalue weighted by molar-refractivity contribution is -0.112. The van der Waals surface area contributed by atoms with Gasteiger partial charge in [-0.1, -0.05) is 6.58 Å². The number of amides is 1. The standard InChI is InChI=1S/C13H17NO3/c1-10(2)13(16)14-11-4-6-12(7-5-11)17-9-3-8-15/h4-7,15H,1,3,8-9H2,2H3,(H,14,16). The summed E-state index contributed by atoms with van der Waals surface area (Å²) in [5.41, 5.74) is 1.17. The van der Waals surface area contributed by atoms with Gasteiger partial charge in [-0.05, 0) is 31.2 Å². The molecule has 92 valence electrons. The van der Waals surface area contributed by atoms with E-state index >= 15 is 0 Å². The van der Waals surface area contributed by atoms with Crippen molar-refractivity contribution < 1.29 is 14.6 Å². The molecule has 0 spiro atoms. The number of hydrogen-bond acceptors (Lipinski definition) is 3. The summed E-state index contributed by atoms with van der Waals surface area (Å²) in [7, 11) is 0. The van der Waals surface area contributed by atoms with E-state index in [1.165, 1.54) is 0 Å². The van der Waals surface area contributed by atoms with E-state index in [1.54, 1.807) is 31.2 Å². The number of aliphatic hydroxyl groups excluding tert-OH is 1. The number of carbonyl (C=O) groups excluding carboxylic acids is 1. The summed E-state index contributed by atoms with van der Waals surface area (Å²) >= 11 is 0. The lowest BCUT2D eigenvalue weighted by Crippen LogP contribution is -2.11. The van der Waals surface area contributed by atoms with E-state index in [0.29, 0.717) is 30.0 Å². The highest BCUT2D eigenvalue weighted by Gasteiger charge is 2.02. The Morgan fingerprint density at radius 3 is 2.59 bits per heavy atom.